The average Bonchev–Trinajstić information content (AvgIpc) is 2.96. The summed E-state index contributed by atoms with van der Waals surface area (Å²) in [5, 5.41) is 10.7. The third-order valence-electron chi connectivity index (χ3n) is 3.43. The lowest BCUT2D eigenvalue weighted by Gasteiger charge is -2.15. The molecule has 0 spiro atoms. The Morgan fingerprint density at radius 1 is 1.30 bits per heavy atom. The van der Waals surface area contributed by atoms with E-state index in [2.05, 4.69) is 4.90 Å². The van der Waals surface area contributed by atoms with Gasteiger partial charge in [0.15, 0.2) is 11.5 Å². The lowest BCUT2D eigenvalue weighted by Crippen LogP contribution is -2.21. The first kappa shape index (κ1) is 14.6. The van der Waals surface area contributed by atoms with Crippen molar-refractivity contribution < 1.29 is 14.4 Å². The summed E-state index contributed by atoms with van der Waals surface area (Å²) >= 11 is 0. The summed E-state index contributed by atoms with van der Waals surface area (Å²) in [6.07, 6.45) is 3.52. The Labute approximate surface area is 118 Å². The van der Waals surface area contributed by atoms with Gasteiger partial charge < -0.3 is 14.4 Å². The number of methoxy groups -OCH3 is 1. The molecule has 0 amide bonds. The summed E-state index contributed by atoms with van der Waals surface area (Å²) in [7, 11) is 1.48. The molecule has 0 radical (unpaired) electrons. The minimum atomic E-state index is -0.445. The molecule has 20 heavy (non-hydrogen) atoms. The molecule has 1 fully saturated rings. The number of likely N-dealkylation sites (tertiary alicyclic amines) is 1. The van der Waals surface area contributed by atoms with E-state index in [4.69, 9.17) is 9.47 Å². The van der Waals surface area contributed by atoms with E-state index in [1.165, 1.54) is 45.2 Å². The van der Waals surface area contributed by atoms with Gasteiger partial charge in [-0.25, -0.2) is 0 Å². The molecule has 1 aromatic rings. The number of rotatable bonds is 7. The summed E-state index contributed by atoms with van der Waals surface area (Å²) in [5.74, 6) is 0.958. The molecular formula is C14H20N2O4. The van der Waals surface area contributed by atoms with Crippen molar-refractivity contribution in [1.29, 1.82) is 0 Å². The van der Waals surface area contributed by atoms with Crippen LogP contribution >= 0.6 is 0 Å². The van der Waals surface area contributed by atoms with Gasteiger partial charge in [0.2, 0.25) is 0 Å². The van der Waals surface area contributed by atoms with Gasteiger partial charge in [0.1, 0.15) is 0 Å². The molecule has 1 heterocycles. The first-order valence-electron chi connectivity index (χ1n) is 6.88. The zero-order chi connectivity index (χ0) is 14.4. The van der Waals surface area contributed by atoms with Crippen molar-refractivity contribution in [3.63, 3.8) is 0 Å². The smallest absolute Gasteiger partial charge is 0.273 e. The summed E-state index contributed by atoms with van der Waals surface area (Å²) in [5.41, 5.74) is 0.00580. The van der Waals surface area contributed by atoms with Crippen LogP contribution in [-0.2, 0) is 0 Å². The Morgan fingerprint density at radius 2 is 2.05 bits per heavy atom. The third kappa shape index (κ3) is 3.84. The fourth-order valence-corrected chi connectivity index (χ4v) is 2.37. The van der Waals surface area contributed by atoms with Crippen LogP contribution in [0.3, 0.4) is 0 Å². The van der Waals surface area contributed by atoms with Gasteiger partial charge in [-0.3, -0.25) is 10.1 Å². The normalized spacial score (nSPS) is 15.2. The number of non-ortho nitro benzene ring substituents is 1. The van der Waals surface area contributed by atoms with E-state index in [-0.39, 0.29) is 5.69 Å². The predicted octanol–water partition coefficient (Wildman–Crippen LogP) is 2.47. The highest BCUT2D eigenvalue weighted by molar-refractivity contribution is 5.48. The van der Waals surface area contributed by atoms with Gasteiger partial charge in [-0.1, -0.05) is 0 Å². The van der Waals surface area contributed by atoms with Gasteiger partial charge in [0.05, 0.1) is 24.7 Å². The summed E-state index contributed by atoms with van der Waals surface area (Å²) in [6.45, 7) is 3.99. The van der Waals surface area contributed by atoms with Gasteiger partial charge in [0, 0.05) is 12.6 Å². The van der Waals surface area contributed by atoms with Crippen LogP contribution in [0.5, 0.6) is 11.5 Å². The second-order valence-electron chi connectivity index (χ2n) is 4.84. The lowest BCUT2D eigenvalue weighted by molar-refractivity contribution is -0.384. The molecule has 0 atom stereocenters. The van der Waals surface area contributed by atoms with E-state index in [1.807, 2.05) is 0 Å². The second kappa shape index (κ2) is 7.09. The number of hydrogen-bond acceptors (Lipinski definition) is 5. The molecule has 0 N–H and O–H groups in total. The number of nitro benzene ring substituents is 1. The Bertz CT molecular complexity index is 458. The maximum Gasteiger partial charge on any atom is 0.273 e. The Kier molecular flexibility index (Phi) is 5.17. The van der Waals surface area contributed by atoms with Gasteiger partial charge in [0.25, 0.3) is 5.69 Å². The first-order chi connectivity index (χ1) is 9.70. The zero-order valence-corrected chi connectivity index (χ0v) is 11.7. The van der Waals surface area contributed by atoms with Crippen molar-refractivity contribution in [2.24, 2.45) is 0 Å². The zero-order valence-electron chi connectivity index (χ0n) is 11.7. The van der Waals surface area contributed by atoms with E-state index in [9.17, 15) is 10.1 Å². The molecule has 1 aliphatic rings. The molecule has 0 aliphatic carbocycles. The molecule has 1 aromatic carbocycles. The van der Waals surface area contributed by atoms with E-state index < -0.39 is 4.92 Å². The van der Waals surface area contributed by atoms with E-state index in [0.717, 1.165) is 13.0 Å². The molecule has 0 aromatic heterocycles. The topological polar surface area (TPSA) is 64.8 Å². The molecule has 1 saturated heterocycles. The summed E-state index contributed by atoms with van der Waals surface area (Å²) in [6, 6.07) is 4.40. The van der Waals surface area contributed by atoms with Crippen LogP contribution in [-0.4, -0.2) is 43.2 Å². The Hall–Kier alpha value is -1.82. The average molecular weight is 280 g/mol. The standard InChI is InChI=1S/C14H20N2O4/c1-19-14-11-12(16(17)18)5-6-13(14)20-10-4-9-15-7-2-3-8-15/h5-6,11H,2-4,7-10H2,1H3. The first-order valence-corrected chi connectivity index (χ1v) is 6.88. The van der Waals surface area contributed by atoms with E-state index in [1.54, 1.807) is 6.07 Å². The van der Waals surface area contributed by atoms with Crippen molar-refractivity contribution in [2.75, 3.05) is 33.4 Å². The second-order valence-corrected chi connectivity index (χ2v) is 4.84. The minimum absolute atomic E-state index is 0.00580. The van der Waals surface area contributed by atoms with Crippen molar-refractivity contribution in [3.8, 4) is 11.5 Å². The fraction of sp³-hybridized carbons (Fsp3) is 0.571. The molecule has 0 saturated carbocycles. The Morgan fingerprint density at radius 3 is 2.70 bits per heavy atom. The van der Waals surface area contributed by atoms with Gasteiger partial charge >= 0.3 is 0 Å². The monoisotopic (exact) mass is 280 g/mol. The molecule has 6 heteroatoms. The quantitative estimate of drug-likeness (QED) is 0.436. The SMILES string of the molecule is COc1cc([N+](=O)[O-])ccc1OCCCN1CCCC1. The molecule has 2 rings (SSSR count). The fourth-order valence-electron chi connectivity index (χ4n) is 2.37. The highest BCUT2D eigenvalue weighted by atomic mass is 16.6. The maximum atomic E-state index is 10.7. The van der Waals surface area contributed by atoms with E-state index in [0.29, 0.717) is 18.1 Å². The third-order valence-corrected chi connectivity index (χ3v) is 3.43. The van der Waals surface area contributed by atoms with Crippen molar-refractivity contribution >= 4 is 5.69 Å². The molecule has 0 unspecified atom stereocenters. The Balaban J connectivity index is 1.83. The molecule has 110 valence electrons. The maximum absolute atomic E-state index is 10.7. The van der Waals surface area contributed by atoms with Crippen molar-refractivity contribution in [3.05, 3.63) is 28.3 Å². The highest BCUT2D eigenvalue weighted by Gasteiger charge is 2.13. The molecule has 0 bridgehead atoms. The highest BCUT2D eigenvalue weighted by Crippen LogP contribution is 2.31. The number of nitrogens with zero attached hydrogens (tertiary/aromatic N) is 2. The molecule has 6 nitrogen and oxygen atoms in total. The predicted molar refractivity (Wildman–Crippen MR) is 75.4 cm³/mol. The number of ether oxygens (including phenoxy) is 2. The van der Waals surface area contributed by atoms with Crippen LogP contribution in [0.15, 0.2) is 18.2 Å². The van der Waals surface area contributed by atoms with E-state index >= 15 is 0 Å². The lowest BCUT2D eigenvalue weighted by atomic mass is 10.3. The van der Waals surface area contributed by atoms with Crippen LogP contribution in [0.1, 0.15) is 19.3 Å². The van der Waals surface area contributed by atoms with Crippen LogP contribution in [0.25, 0.3) is 0 Å². The largest absolute Gasteiger partial charge is 0.493 e. The number of hydrogen-bond donors (Lipinski definition) is 0. The van der Waals surface area contributed by atoms with Crippen LogP contribution in [0.4, 0.5) is 5.69 Å². The van der Waals surface area contributed by atoms with Crippen LogP contribution < -0.4 is 9.47 Å². The number of nitro groups is 1. The summed E-state index contributed by atoms with van der Waals surface area (Å²) in [4.78, 5) is 12.7. The molecule has 1 aliphatic heterocycles. The van der Waals surface area contributed by atoms with Crippen molar-refractivity contribution in [2.45, 2.75) is 19.3 Å². The summed E-state index contributed by atoms with van der Waals surface area (Å²) < 4.78 is 10.8. The van der Waals surface area contributed by atoms with Crippen molar-refractivity contribution in [1.82, 2.24) is 4.90 Å². The number of benzene rings is 1. The molecular weight excluding hydrogens is 260 g/mol. The van der Waals surface area contributed by atoms with Gasteiger partial charge in [-0.05, 0) is 38.4 Å². The van der Waals surface area contributed by atoms with Crippen LogP contribution in [0, 0.1) is 10.1 Å². The van der Waals surface area contributed by atoms with Crippen LogP contribution in [0.2, 0.25) is 0 Å². The van der Waals surface area contributed by atoms with Gasteiger partial charge in [-0.2, -0.15) is 0 Å². The minimum Gasteiger partial charge on any atom is -0.493 e. The van der Waals surface area contributed by atoms with Gasteiger partial charge in [-0.15, -0.1) is 0 Å².